The van der Waals surface area contributed by atoms with Crippen molar-refractivity contribution in [2.24, 2.45) is 11.8 Å². The number of nitrogens with zero attached hydrogens (tertiary/aromatic N) is 1. The molecule has 94 valence electrons. The van der Waals surface area contributed by atoms with E-state index in [2.05, 4.69) is 10.2 Å². The maximum absolute atomic E-state index is 6.08. The highest BCUT2D eigenvalue weighted by molar-refractivity contribution is 5.13. The Kier molecular flexibility index (Phi) is 3.08. The Morgan fingerprint density at radius 2 is 2.06 bits per heavy atom. The molecule has 0 aliphatic heterocycles. The summed E-state index contributed by atoms with van der Waals surface area (Å²) in [6.45, 7) is 2.02. The second-order valence-electron chi connectivity index (χ2n) is 5.70. The maximum atomic E-state index is 6.08. The number of ether oxygens (including phenoxy) is 1. The Labute approximate surface area is 103 Å². The molecule has 3 rings (SSSR count). The number of aromatic amines is 1. The number of nitrogens with one attached hydrogen (secondary N) is 1. The second kappa shape index (κ2) is 4.71. The van der Waals surface area contributed by atoms with E-state index in [9.17, 15) is 0 Å². The number of rotatable bonds is 2. The summed E-state index contributed by atoms with van der Waals surface area (Å²) in [5, 5.41) is 7.15. The van der Waals surface area contributed by atoms with Crippen molar-refractivity contribution in [2.75, 3.05) is 0 Å². The number of H-pyrrole nitrogens is 1. The molecule has 2 fully saturated rings. The zero-order chi connectivity index (χ0) is 11.7. The fraction of sp³-hybridized carbons (Fsp3) is 0.786. The average Bonchev–Trinajstić information content (AvgIpc) is 2.95. The molecule has 3 atom stereocenters. The highest BCUT2D eigenvalue weighted by Crippen LogP contribution is 2.47. The van der Waals surface area contributed by atoms with Crippen LogP contribution in [0.5, 0.6) is 5.88 Å². The van der Waals surface area contributed by atoms with Gasteiger partial charge in [-0.05, 0) is 38.0 Å². The van der Waals surface area contributed by atoms with Gasteiger partial charge in [0.15, 0.2) is 0 Å². The first-order valence-electron chi connectivity index (χ1n) is 7.01. The molecule has 1 aromatic heterocycles. The molecule has 0 spiro atoms. The van der Waals surface area contributed by atoms with Crippen molar-refractivity contribution >= 4 is 0 Å². The Hall–Kier alpha value is -0.990. The smallest absolute Gasteiger partial charge is 0.233 e. The molecule has 3 heteroatoms. The van der Waals surface area contributed by atoms with E-state index >= 15 is 0 Å². The van der Waals surface area contributed by atoms with Crippen LogP contribution in [0.15, 0.2) is 6.07 Å². The number of aryl methyl sites for hydroxylation is 1. The highest BCUT2D eigenvalue weighted by Gasteiger charge is 2.43. The molecule has 1 heterocycles. The summed E-state index contributed by atoms with van der Waals surface area (Å²) in [7, 11) is 0. The molecule has 2 aliphatic carbocycles. The topological polar surface area (TPSA) is 37.9 Å². The number of hydrogen-bond acceptors (Lipinski definition) is 2. The third-order valence-corrected chi connectivity index (χ3v) is 4.22. The van der Waals surface area contributed by atoms with Crippen LogP contribution in [-0.2, 0) is 0 Å². The largest absolute Gasteiger partial charge is 0.473 e. The fourth-order valence-electron chi connectivity index (χ4n) is 3.13. The third-order valence-electron chi connectivity index (χ3n) is 4.22. The van der Waals surface area contributed by atoms with Gasteiger partial charge in [-0.3, -0.25) is 5.10 Å². The maximum Gasteiger partial charge on any atom is 0.233 e. The van der Waals surface area contributed by atoms with Crippen LogP contribution in [0.4, 0.5) is 0 Å². The predicted octanol–water partition coefficient (Wildman–Crippen LogP) is 3.46. The minimum atomic E-state index is 0.417. The fourth-order valence-corrected chi connectivity index (χ4v) is 3.13. The van der Waals surface area contributed by atoms with Gasteiger partial charge in [0, 0.05) is 11.8 Å². The predicted molar refractivity (Wildman–Crippen MR) is 67.0 cm³/mol. The van der Waals surface area contributed by atoms with Crippen molar-refractivity contribution in [3.8, 4) is 5.88 Å². The molecule has 0 saturated heterocycles. The Balaban J connectivity index is 1.63. The molecule has 0 amide bonds. The van der Waals surface area contributed by atoms with Crippen LogP contribution >= 0.6 is 0 Å². The summed E-state index contributed by atoms with van der Waals surface area (Å²) in [5.41, 5.74) is 1.08. The number of hydrogen-bond donors (Lipinski definition) is 1. The SMILES string of the molecule is Cc1cc(OC2CCCCCCC3CC32)n[nH]1. The first kappa shape index (κ1) is 11.1. The van der Waals surface area contributed by atoms with Gasteiger partial charge in [0.1, 0.15) is 6.10 Å². The van der Waals surface area contributed by atoms with E-state index in [1.54, 1.807) is 0 Å². The van der Waals surface area contributed by atoms with Crippen molar-refractivity contribution in [1.29, 1.82) is 0 Å². The van der Waals surface area contributed by atoms with Gasteiger partial charge in [-0.15, -0.1) is 5.10 Å². The van der Waals surface area contributed by atoms with Crippen molar-refractivity contribution in [1.82, 2.24) is 10.2 Å². The molecule has 1 N–H and O–H groups in total. The van der Waals surface area contributed by atoms with Gasteiger partial charge in [-0.2, -0.15) is 0 Å². The molecule has 2 aliphatic rings. The first-order valence-corrected chi connectivity index (χ1v) is 7.01. The van der Waals surface area contributed by atoms with E-state index < -0.39 is 0 Å². The van der Waals surface area contributed by atoms with Crippen molar-refractivity contribution in [2.45, 2.75) is 58.0 Å². The molecular weight excluding hydrogens is 212 g/mol. The van der Waals surface area contributed by atoms with Crippen molar-refractivity contribution in [3.63, 3.8) is 0 Å². The third kappa shape index (κ3) is 2.64. The van der Waals surface area contributed by atoms with Gasteiger partial charge < -0.3 is 4.74 Å². The summed E-state index contributed by atoms with van der Waals surface area (Å²) in [6.07, 6.45) is 9.97. The minimum Gasteiger partial charge on any atom is -0.473 e. The Morgan fingerprint density at radius 1 is 1.24 bits per heavy atom. The quantitative estimate of drug-likeness (QED) is 0.851. The Morgan fingerprint density at radius 3 is 2.82 bits per heavy atom. The van der Waals surface area contributed by atoms with Crippen LogP contribution in [0.3, 0.4) is 0 Å². The number of aromatic nitrogens is 2. The van der Waals surface area contributed by atoms with E-state index in [1.165, 1.54) is 44.9 Å². The average molecular weight is 234 g/mol. The van der Waals surface area contributed by atoms with Crippen LogP contribution in [-0.4, -0.2) is 16.3 Å². The first-order chi connectivity index (χ1) is 8.33. The molecule has 17 heavy (non-hydrogen) atoms. The summed E-state index contributed by atoms with van der Waals surface area (Å²) >= 11 is 0. The molecule has 3 nitrogen and oxygen atoms in total. The molecule has 1 aromatic rings. The van der Waals surface area contributed by atoms with E-state index in [0.29, 0.717) is 6.10 Å². The van der Waals surface area contributed by atoms with Crippen molar-refractivity contribution in [3.05, 3.63) is 11.8 Å². The van der Waals surface area contributed by atoms with Gasteiger partial charge in [0.2, 0.25) is 5.88 Å². The van der Waals surface area contributed by atoms with Crippen molar-refractivity contribution < 1.29 is 4.74 Å². The lowest BCUT2D eigenvalue weighted by Gasteiger charge is -2.16. The van der Waals surface area contributed by atoms with Crippen LogP contribution in [0.25, 0.3) is 0 Å². The molecule has 2 saturated carbocycles. The van der Waals surface area contributed by atoms with E-state index in [4.69, 9.17) is 4.74 Å². The normalized spacial score (nSPS) is 33.1. The van der Waals surface area contributed by atoms with Gasteiger partial charge >= 0.3 is 0 Å². The summed E-state index contributed by atoms with van der Waals surface area (Å²) in [5.74, 6) is 2.54. The lowest BCUT2D eigenvalue weighted by Crippen LogP contribution is -2.20. The lowest BCUT2D eigenvalue weighted by molar-refractivity contribution is 0.152. The van der Waals surface area contributed by atoms with E-state index in [1.807, 2.05) is 13.0 Å². The lowest BCUT2D eigenvalue weighted by atomic mass is 10.1. The van der Waals surface area contributed by atoms with E-state index in [0.717, 1.165) is 23.4 Å². The molecular formula is C14H22N2O. The zero-order valence-corrected chi connectivity index (χ0v) is 10.6. The van der Waals surface area contributed by atoms with Gasteiger partial charge in [-0.1, -0.05) is 25.7 Å². The molecule has 0 bridgehead atoms. The van der Waals surface area contributed by atoms with Gasteiger partial charge in [0.05, 0.1) is 0 Å². The minimum absolute atomic E-state index is 0.417. The molecule has 0 aromatic carbocycles. The van der Waals surface area contributed by atoms with Gasteiger partial charge in [-0.25, -0.2) is 0 Å². The molecule has 3 unspecified atom stereocenters. The van der Waals surface area contributed by atoms with Crippen LogP contribution in [0.2, 0.25) is 0 Å². The van der Waals surface area contributed by atoms with Crippen LogP contribution < -0.4 is 4.74 Å². The second-order valence-corrected chi connectivity index (χ2v) is 5.70. The van der Waals surface area contributed by atoms with Crippen LogP contribution in [0.1, 0.15) is 50.6 Å². The van der Waals surface area contributed by atoms with Crippen LogP contribution in [0, 0.1) is 18.8 Å². The summed E-state index contributed by atoms with van der Waals surface area (Å²) < 4.78 is 6.08. The number of fused-ring (bicyclic) bond motifs is 1. The monoisotopic (exact) mass is 234 g/mol. The molecule has 0 radical (unpaired) electrons. The Bertz CT molecular complexity index is 374. The van der Waals surface area contributed by atoms with Gasteiger partial charge in [0.25, 0.3) is 0 Å². The zero-order valence-electron chi connectivity index (χ0n) is 10.6. The summed E-state index contributed by atoms with van der Waals surface area (Å²) in [6, 6.07) is 2.00. The summed E-state index contributed by atoms with van der Waals surface area (Å²) in [4.78, 5) is 0. The van der Waals surface area contributed by atoms with E-state index in [-0.39, 0.29) is 0 Å². The highest BCUT2D eigenvalue weighted by atomic mass is 16.5. The standard InChI is InChI=1S/C14H22N2O/c1-10-8-14(16-15-10)17-13-7-5-3-2-4-6-11-9-12(11)13/h8,11-13H,2-7,9H2,1H3,(H,15,16).